The first-order valence-corrected chi connectivity index (χ1v) is 11.3. The van der Waals surface area contributed by atoms with E-state index >= 15 is 0 Å². The van der Waals surface area contributed by atoms with Crippen molar-refractivity contribution in [3.8, 4) is 10.6 Å². The molecule has 1 unspecified atom stereocenters. The van der Waals surface area contributed by atoms with Crippen LogP contribution in [0.5, 0.6) is 0 Å². The Hall–Kier alpha value is -2.73. The summed E-state index contributed by atoms with van der Waals surface area (Å²) in [6, 6.07) is 9.44. The van der Waals surface area contributed by atoms with Crippen LogP contribution in [-0.2, 0) is 6.18 Å². The van der Waals surface area contributed by atoms with Gasteiger partial charge in [0.25, 0.3) is 0 Å². The number of rotatable bonds is 4. The van der Waals surface area contributed by atoms with Gasteiger partial charge < -0.3 is 10.2 Å². The van der Waals surface area contributed by atoms with Crippen molar-refractivity contribution >= 4 is 44.2 Å². The molecule has 0 radical (unpaired) electrons. The van der Waals surface area contributed by atoms with Crippen LogP contribution in [-0.4, -0.2) is 40.3 Å². The number of hydrogen-bond donors (Lipinski definition) is 2. The number of hydrogen-bond acceptors (Lipinski definition) is 6. The third-order valence-electron chi connectivity index (χ3n) is 5.62. The minimum Gasteiger partial charge on any atom is -0.355 e. The summed E-state index contributed by atoms with van der Waals surface area (Å²) < 4.78 is 40.7. The van der Waals surface area contributed by atoms with Crippen molar-refractivity contribution in [2.75, 3.05) is 23.3 Å². The van der Waals surface area contributed by atoms with Gasteiger partial charge in [-0.05, 0) is 24.3 Å². The van der Waals surface area contributed by atoms with E-state index in [0.717, 1.165) is 16.1 Å². The lowest BCUT2D eigenvalue weighted by molar-refractivity contribution is -0.137. The molecule has 1 aromatic carbocycles. The topological polar surface area (TPSA) is 83.0 Å². The van der Waals surface area contributed by atoms with Gasteiger partial charge in [0.2, 0.25) is 5.13 Å². The Labute approximate surface area is 193 Å². The number of amides is 2. The highest BCUT2D eigenvalue weighted by Crippen LogP contribution is 2.48. The van der Waals surface area contributed by atoms with E-state index in [0.29, 0.717) is 23.2 Å². The summed E-state index contributed by atoms with van der Waals surface area (Å²) in [5.41, 5.74) is 0.158. The number of anilines is 2. The Morgan fingerprint density at radius 3 is 2.53 bits per heavy atom. The number of urea groups is 1. The Bertz CT molecular complexity index is 1140. The molecule has 2 aliphatic rings. The highest BCUT2D eigenvalue weighted by Gasteiger charge is 2.57. The molecule has 1 aliphatic carbocycles. The highest BCUT2D eigenvalue weighted by atomic mass is 79.9. The Morgan fingerprint density at radius 1 is 1.12 bits per heavy atom. The summed E-state index contributed by atoms with van der Waals surface area (Å²) in [6.07, 6.45) is -3.09. The lowest BCUT2D eigenvalue weighted by Crippen LogP contribution is -2.37. The zero-order valence-electron chi connectivity index (χ0n) is 16.3. The van der Waals surface area contributed by atoms with Crippen LogP contribution in [0.2, 0.25) is 0 Å². The molecule has 32 heavy (non-hydrogen) atoms. The van der Waals surface area contributed by atoms with E-state index in [2.05, 4.69) is 41.7 Å². The third-order valence-corrected chi connectivity index (χ3v) is 7.04. The molecule has 2 aromatic heterocycles. The maximum Gasteiger partial charge on any atom is 0.419 e. The molecular weight excluding hydrogens is 509 g/mol. The van der Waals surface area contributed by atoms with Crippen molar-refractivity contribution in [1.82, 2.24) is 20.5 Å². The first kappa shape index (κ1) is 21.1. The first-order chi connectivity index (χ1) is 15.3. The van der Waals surface area contributed by atoms with Gasteiger partial charge in [-0.3, -0.25) is 5.32 Å². The van der Waals surface area contributed by atoms with E-state index in [1.807, 2.05) is 24.3 Å². The van der Waals surface area contributed by atoms with Gasteiger partial charge >= 0.3 is 12.2 Å². The standard InChI is InChI=1S/C20H16BrF3N6OS/c21-11-5-3-10(4-6-11)17-28-29-19(32-17)27-18(31)26-15-12-8-30(9-13(12)15)16-14(20(22,23)24)2-1-7-25-16/h1-7,12-13,15H,8-9H2,(H2,26,27,29,31)/t12-,13?,15+/m0/s1. The SMILES string of the molecule is O=C(Nc1nnc(-c2ccc(Br)cc2)s1)N[C@H]1C2CN(c3ncccc3C(F)(F)F)C[C@@H]21. The monoisotopic (exact) mass is 524 g/mol. The van der Waals surface area contributed by atoms with Crippen molar-refractivity contribution in [3.63, 3.8) is 0 Å². The van der Waals surface area contributed by atoms with Gasteiger partial charge in [-0.25, -0.2) is 9.78 Å². The summed E-state index contributed by atoms with van der Waals surface area (Å²) in [5, 5.41) is 14.7. The molecule has 1 saturated carbocycles. The summed E-state index contributed by atoms with van der Waals surface area (Å²) >= 11 is 4.64. The van der Waals surface area contributed by atoms with E-state index in [1.165, 1.54) is 23.6 Å². The predicted octanol–water partition coefficient (Wildman–Crippen LogP) is 4.64. The number of benzene rings is 1. The quantitative estimate of drug-likeness (QED) is 0.519. The Morgan fingerprint density at radius 2 is 1.84 bits per heavy atom. The van der Waals surface area contributed by atoms with Crippen LogP contribution in [0, 0.1) is 11.8 Å². The van der Waals surface area contributed by atoms with E-state index < -0.39 is 17.8 Å². The van der Waals surface area contributed by atoms with Crippen LogP contribution in [0.15, 0.2) is 47.1 Å². The van der Waals surface area contributed by atoms with Crippen LogP contribution >= 0.6 is 27.3 Å². The van der Waals surface area contributed by atoms with Gasteiger partial charge in [-0.15, -0.1) is 10.2 Å². The van der Waals surface area contributed by atoms with Crippen molar-refractivity contribution in [2.24, 2.45) is 11.8 Å². The van der Waals surface area contributed by atoms with E-state index in [4.69, 9.17) is 0 Å². The maximum atomic E-state index is 13.2. The Kier molecular flexibility index (Phi) is 5.28. The van der Waals surface area contributed by atoms with Crippen LogP contribution in [0.3, 0.4) is 0 Å². The zero-order valence-corrected chi connectivity index (χ0v) is 18.7. The summed E-state index contributed by atoms with van der Waals surface area (Å²) in [5.74, 6) is 0.137. The van der Waals surface area contributed by atoms with Gasteiger partial charge in [-0.2, -0.15) is 13.2 Å². The number of carbonyl (C=O) groups excluding carboxylic acids is 1. The maximum absolute atomic E-state index is 13.2. The van der Waals surface area contributed by atoms with Crippen LogP contribution in [0.4, 0.5) is 28.9 Å². The fraction of sp³-hybridized carbons (Fsp3) is 0.300. The number of carbonyl (C=O) groups is 1. The number of aromatic nitrogens is 3. The smallest absolute Gasteiger partial charge is 0.355 e. The molecule has 3 aromatic rings. The molecule has 2 amide bonds. The normalized spacial score (nSPS) is 21.9. The second kappa shape index (κ2) is 8.00. The molecule has 3 heterocycles. The molecule has 0 bridgehead atoms. The molecule has 7 nitrogen and oxygen atoms in total. The lowest BCUT2D eigenvalue weighted by Gasteiger charge is -2.24. The molecule has 12 heteroatoms. The molecule has 0 spiro atoms. The number of alkyl halides is 3. The summed E-state index contributed by atoms with van der Waals surface area (Å²) in [6.45, 7) is 0.838. The predicted molar refractivity (Wildman–Crippen MR) is 117 cm³/mol. The number of nitrogens with one attached hydrogen (secondary N) is 2. The minimum atomic E-state index is -4.45. The first-order valence-electron chi connectivity index (χ1n) is 9.74. The number of piperidine rings is 1. The average Bonchev–Trinajstić information content (AvgIpc) is 3.13. The number of nitrogens with zero attached hydrogens (tertiary/aromatic N) is 4. The van der Waals surface area contributed by atoms with Crippen molar-refractivity contribution < 1.29 is 18.0 Å². The van der Waals surface area contributed by atoms with Crippen LogP contribution < -0.4 is 15.5 Å². The average molecular weight is 525 g/mol. The molecule has 166 valence electrons. The van der Waals surface area contributed by atoms with Gasteiger partial charge in [0.1, 0.15) is 10.8 Å². The third kappa shape index (κ3) is 4.16. The summed E-state index contributed by atoms with van der Waals surface area (Å²) in [4.78, 5) is 17.9. The zero-order chi connectivity index (χ0) is 22.5. The minimum absolute atomic E-state index is 0.0512. The van der Waals surface area contributed by atoms with Gasteiger partial charge in [0, 0.05) is 47.2 Å². The van der Waals surface area contributed by atoms with Gasteiger partial charge in [-0.1, -0.05) is 39.4 Å². The highest BCUT2D eigenvalue weighted by molar-refractivity contribution is 9.10. The molecular formula is C20H16BrF3N6OS. The van der Waals surface area contributed by atoms with E-state index in [-0.39, 0.29) is 23.7 Å². The van der Waals surface area contributed by atoms with Crippen molar-refractivity contribution in [1.29, 1.82) is 0 Å². The second-order valence-electron chi connectivity index (χ2n) is 7.65. The van der Waals surface area contributed by atoms with Gasteiger partial charge in [0.15, 0.2) is 0 Å². The summed E-state index contributed by atoms with van der Waals surface area (Å²) in [7, 11) is 0. The second-order valence-corrected chi connectivity index (χ2v) is 9.54. The van der Waals surface area contributed by atoms with Crippen LogP contribution in [0.1, 0.15) is 5.56 Å². The molecule has 1 saturated heterocycles. The van der Waals surface area contributed by atoms with Crippen molar-refractivity contribution in [2.45, 2.75) is 12.2 Å². The van der Waals surface area contributed by atoms with Crippen LogP contribution in [0.25, 0.3) is 10.6 Å². The number of fused-ring (bicyclic) bond motifs is 1. The Balaban J connectivity index is 1.16. The largest absolute Gasteiger partial charge is 0.419 e. The molecule has 1 aliphatic heterocycles. The molecule has 5 rings (SSSR count). The van der Waals surface area contributed by atoms with E-state index in [9.17, 15) is 18.0 Å². The fourth-order valence-electron chi connectivity index (χ4n) is 4.05. The van der Waals surface area contributed by atoms with E-state index in [1.54, 1.807) is 4.90 Å². The van der Waals surface area contributed by atoms with Crippen molar-refractivity contribution in [3.05, 3.63) is 52.6 Å². The molecule has 3 atom stereocenters. The fourth-order valence-corrected chi connectivity index (χ4v) is 5.06. The van der Waals surface area contributed by atoms with Gasteiger partial charge in [0.05, 0.1) is 5.56 Å². The molecule has 2 N–H and O–H groups in total. The number of pyridine rings is 1. The molecule has 2 fully saturated rings. The lowest BCUT2D eigenvalue weighted by atomic mass is 10.2. The number of halogens is 4.